The molecular weight excluding hydrogens is 242 g/mol. The standard InChI is InChI=1S/C11H12ClN3O2/c1-7(4-13)6-15(2)10-3-8(11(16)17)9(12)5-14-10/h3,5,7H,6H2,1-2H3,(H,16,17). The fourth-order valence-corrected chi connectivity index (χ4v) is 1.53. The molecule has 90 valence electrons. The van der Waals surface area contributed by atoms with E-state index >= 15 is 0 Å². The molecule has 0 aliphatic heterocycles. The number of nitriles is 1. The number of carboxylic acids is 1. The van der Waals surface area contributed by atoms with Crippen molar-refractivity contribution in [3.63, 3.8) is 0 Å². The smallest absolute Gasteiger partial charge is 0.337 e. The number of hydrogen-bond donors (Lipinski definition) is 1. The zero-order valence-corrected chi connectivity index (χ0v) is 10.3. The molecule has 0 saturated carbocycles. The van der Waals surface area contributed by atoms with Crippen molar-refractivity contribution < 1.29 is 9.90 Å². The maximum absolute atomic E-state index is 10.9. The van der Waals surface area contributed by atoms with Crippen LogP contribution in [0, 0.1) is 17.2 Å². The third-order valence-electron chi connectivity index (χ3n) is 2.23. The molecule has 0 saturated heterocycles. The molecule has 0 aliphatic carbocycles. The molecule has 1 aromatic heterocycles. The number of nitrogens with zero attached hydrogens (tertiary/aromatic N) is 3. The molecule has 0 amide bonds. The van der Waals surface area contributed by atoms with Crippen LogP contribution in [0.25, 0.3) is 0 Å². The zero-order valence-electron chi connectivity index (χ0n) is 9.51. The number of aromatic carboxylic acids is 1. The number of carboxylic acid groups (broad SMARTS) is 1. The third kappa shape index (κ3) is 3.33. The Morgan fingerprint density at radius 1 is 1.76 bits per heavy atom. The van der Waals surface area contributed by atoms with Gasteiger partial charge in [0.25, 0.3) is 0 Å². The molecule has 1 N–H and O–H groups in total. The van der Waals surface area contributed by atoms with Crippen molar-refractivity contribution in [1.82, 2.24) is 4.98 Å². The van der Waals surface area contributed by atoms with Crippen molar-refractivity contribution in [3.05, 3.63) is 22.8 Å². The molecule has 0 fully saturated rings. The zero-order chi connectivity index (χ0) is 13.0. The SMILES string of the molecule is CC(C#N)CN(C)c1cc(C(=O)O)c(Cl)cn1. The van der Waals surface area contributed by atoms with E-state index in [1.165, 1.54) is 12.3 Å². The van der Waals surface area contributed by atoms with Crippen molar-refractivity contribution >= 4 is 23.4 Å². The lowest BCUT2D eigenvalue weighted by atomic mass is 10.2. The number of carbonyl (C=O) groups is 1. The second-order valence-corrected chi connectivity index (χ2v) is 4.15. The van der Waals surface area contributed by atoms with E-state index in [2.05, 4.69) is 11.1 Å². The lowest BCUT2D eigenvalue weighted by Gasteiger charge is -2.19. The molecule has 0 spiro atoms. The van der Waals surface area contributed by atoms with Gasteiger partial charge in [0.05, 0.1) is 22.6 Å². The van der Waals surface area contributed by atoms with Gasteiger partial charge in [0.15, 0.2) is 0 Å². The molecule has 17 heavy (non-hydrogen) atoms. The van der Waals surface area contributed by atoms with Crippen molar-refractivity contribution in [2.24, 2.45) is 5.92 Å². The maximum Gasteiger partial charge on any atom is 0.337 e. The van der Waals surface area contributed by atoms with E-state index in [1.54, 1.807) is 18.9 Å². The number of hydrogen-bond acceptors (Lipinski definition) is 4. The minimum atomic E-state index is -1.10. The molecule has 6 heteroatoms. The van der Waals surface area contributed by atoms with E-state index in [4.69, 9.17) is 22.0 Å². The second kappa shape index (κ2) is 5.51. The molecule has 0 radical (unpaired) electrons. The van der Waals surface area contributed by atoms with E-state index in [-0.39, 0.29) is 16.5 Å². The Labute approximate surface area is 104 Å². The molecule has 1 atom stereocenters. The molecule has 1 heterocycles. The number of anilines is 1. The summed E-state index contributed by atoms with van der Waals surface area (Å²) < 4.78 is 0. The monoisotopic (exact) mass is 253 g/mol. The Balaban J connectivity index is 2.96. The van der Waals surface area contributed by atoms with Gasteiger partial charge in [-0.1, -0.05) is 11.6 Å². The van der Waals surface area contributed by atoms with Gasteiger partial charge in [-0.25, -0.2) is 9.78 Å². The van der Waals surface area contributed by atoms with Crippen LogP contribution in [0.4, 0.5) is 5.82 Å². The van der Waals surface area contributed by atoms with Crippen molar-refractivity contribution in [2.45, 2.75) is 6.92 Å². The van der Waals surface area contributed by atoms with E-state index in [0.717, 1.165) is 0 Å². The predicted molar refractivity (Wildman–Crippen MR) is 64.3 cm³/mol. The van der Waals surface area contributed by atoms with Gasteiger partial charge >= 0.3 is 5.97 Å². The quantitative estimate of drug-likeness (QED) is 0.888. The first-order valence-corrected chi connectivity index (χ1v) is 5.33. The average Bonchev–Trinajstić information content (AvgIpc) is 2.28. The molecule has 0 aliphatic rings. The fourth-order valence-electron chi connectivity index (χ4n) is 1.35. The lowest BCUT2D eigenvalue weighted by molar-refractivity contribution is 0.0697. The largest absolute Gasteiger partial charge is 0.478 e. The minimum Gasteiger partial charge on any atom is -0.478 e. The number of pyridine rings is 1. The summed E-state index contributed by atoms with van der Waals surface area (Å²) in [4.78, 5) is 16.6. The Hall–Kier alpha value is -1.80. The van der Waals surface area contributed by atoms with Crippen LogP contribution in [0.1, 0.15) is 17.3 Å². The first kappa shape index (κ1) is 13.3. The van der Waals surface area contributed by atoms with Gasteiger partial charge in [0.1, 0.15) is 5.82 Å². The van der Waals surface area contributed by atoms with Crippen molar-refractivity contribution in [2.75, 3.05) is 18.5 Å². The lowest BCUT2D eigenvalue weighted by Crippen LogP contribution is -2.24. The Kier molecular flexibility index (Phi) is 4.30. The molecule has 1 rings (SSSR count). The highest BCUT2D eigenvalue weighted by Crippen LogP contribution is 2.20. The van der Waals surface area contributed by atoms with Crippen LogP contribution in [0.5, 0.6) is 0 Å². The van der Waals surface area contributed by atoms with E-state index in [1.807, 2.05) is 0 Å². The van der Waals surface area contributed by atoms with Crippen LogP contribution in [0.15, 0.2) is 12.3 Å². The minimum absolute atomic E-state index is 0.00753. The van der Waals surface area contributed by atoms with Crippen LogP contribution in [-0.4, -0.2) is 29.7 Å². The highest BCUT2D eigenvalue weighted by atomic mass is 35.5. The molecule has 5 nitrogen and oxygen atoms in total. The summed E-state index contributed by atoms with van der Waals surface area (Å²) in [7, 11) is 1.75. The van der Waals surface area contributed by atoms with E-state index < -0.39 is 5.97 Å². The Morgan fingerprint density at radius 2 is 2.41 bits per heavy atom. The topological polar surface area (TPSA) is 77.2 Å². The fraction of sp³-hybridized carbons (Fsp3) is 0.364. The molecule has 1 unspecified atom stereocenters. The summed E-state index contributed by atoms with van der Waals surface area (Å²) in [6.07, 6.45) is 1.30. The summed E-state index contributed by atoms with van der Waals surface area (Å²) in [5.41, 5.74) is 0.00753. The summed E-state index contributed by atoms with van der Waals surface area (Å²) in [6.45, 7) is 2.26. The van der Waals surface area contributed by atoms with Crippen molar-refractivity contribution in [1.29, 1.82) is 5.26 Å². The van der Waals surface area contributed by atoms with Crippen LogP contribution in [0.2, 0.25) is 5.02 Å². The van der Waals surface area contributed by atoms with Crippen LogP contribution < -0.4 is 4.90 Å². The summed E-state index contributed by atoms with van der Waals surface area (Å²) in [5.74, 6) is -0.778. The van der Waals surface area contributed by atoms with E-state index in [9.17, 15) is 4.79 Å². The summed E-state index contributed by atoms with van der Waals surface area (Å²) >= 11 is 5.71. The third-order valence-corrected chi connectivity index (χ3v) is 2.53. The van der Waals surface area contributed by atoms with Gasteiger partial charge in [-0.3, -0.25) is 0 Å². The van der Waals surface area contributed by atoms with Gasteiger partial charge < -0.3 is 10.0 Å². The summed E-state index contributed by atoms with van der Waals surface area (Å²) in [6, 6.07) is 3.50. The number of rotatable bonds is 4. The number of halogens is 1. The van der Waals surface area contributed by atoms with Gasteiger partial charge in [0.2, 0.25) is 0 Å². The molecule has 0 bridgehead atoms. The Bertz CT molecular complexity index is 470. The Morgan fingerprint density at radius 3 is 2.94 bits per heavy atom. The number of aromatic nitrogens is 1. The van der Waals surface area contributed by atoms with Crippen LogP contribution in [-0.2, 0) is 0 Å². The highest BCUT2D eigenvalue weighted by Gasteiger charge is 2.13. The van der Waals surface area contributed by atoms with Gasteiger partial charge in [0, 0.05) is 19.8 Å². The van der Waals surface area contributed by atoms with Crippen LogP contribution >= 0.6 is 11.6 Å². The first-order chi connectivity index (χ1) is 7.95. The van der Waals surface area contributed by atoms with Gasteiger partial charge in [-0.15, -0.1) is 0 Å². The van der Waals surface area contributed by atoms with Gasteiger partial charge in [-0.05, 0) is 13.0 Å². The normalized spacial score (nSPS) is 11.6. The maximum atomic E-state index is 10.9. The van der Waals surface area contributed by atoms with E-state index in [0.29, 0.717) is 12.4 Å². The molecular formula is C11H12ClN3O2. The van der Waals surface area contributed by atoms with Gasteiger partial charge in [-0.2, -0.15) is 5.26 Å². The first-order valence-electron chi connectivity index (χ1n) is 4.95. The highest BCUT2D eigenvalue weighted by molar-refractivity contribution is 6.33. The predicted octanol–water partition coefficient (Wildman–Crippen LogP) is 2.03. The average molecular weight is 254 g/mol. The molecule has 1 aromatic rings. The summed E-state index contributed by atoms with van der Waals surface area (Å²) in [5, 5.41) is 17.7. The second-order valence-electron chi connectivity index (χ2n) is 3.74. The van der Waals surface area contributed by atoms with Crippen molar-refractivity contribution in [3.8, 4) is 6.07 Å². The van der Waals surface area contributed by atoms with Crippen LogP contribution in [0.3, 0.4) is 0 Å². The molecule has 0 aromatic carbocycles.